The Morgan fingerprint density at radius 2 is 1.62 bits per heavy atom. The lowest BCUT2D eigenvalue weighted by Crippen LogP contribution is -2.32. The quantitative estimate of drug-likeness (QED) is 0.328. The van der Waals surface area contributed by atoms with Crippen LogP contribution in [0.5, 0.6) is 11.5 Å². The van der Waals surface area contributed by atoms with Gasteiger partial charge in [-0.3, -0.25) is 9.79 Å². The number of hydrogen-bond donors (Lipinski definition) is 1. The summed E-state index contributed by atoms with van der Waals surface area (Å²) in [5, 5.41) is 0. The van der Waals surface area contributed by atoms with Gasteiger partial charge in [-0.2, -0.15) is 0 Å². The number of para-hydroxylation sites is 1. The summed E-state index contributed by atoms with van der Waals surface area (Å²) >= 11 is 0. The molecule has 5 rings (SSSR count). The van der Waals surface area contributed by atoms with Crippen molar-refractivity contribution in [3.8, 4) is 22.6 Å². The van der Waals surface area contributed by atoms with Crippen molar-refractivity contribution >= 4 is 23.6 Å². The fourth-order valence-electron chi connectivity index (χ4n) is 5.06. The van der Waals surface area contributed by atoms with E-state index in [9.17, 15) is 9.59 Å². The highest BCUT2D eigenvalue weighted by Crippen LogP contribution is 2.43. The minimum absolute atomic E-state index is 0.395. The molecule has 0 aliphatic carbocycles. The molecule has 0 aromatic heterocycles. The summed E-state index contributed by atoms with van der Waals surface area (Å²) in [6.45, 7) is 0.940. The Labute approximate surface area is 227 Å². The average molecular weight is 520 g/mol. The van der Waals surface area contributed by atoms with Crippen molar-refractivity contribution in [1.82, 2.24) is 0 Å². The summed E-state index contributed by atoms with van der Waals surface area (Å²) in [6, 6.07) is 28.0. The lowest BCUT2D eigenvalue weighted by Gasteiger charge is -2.31. The number of benzodiazepines with no additional fused rings is 1. The molecule has 39 heavy (non-hydrogen) atoms. The lowest BCUT2D eigenvalue weighted by atomic mass is 9.93. The highest BCUT2D eigenvalue weighted by atomic mass is 16.5. The first-order chi connectivity index (χ1) is 19.0. The fourth-order valence-corrected chi connectivity index (χ4v) is 5.06. The number of nitrogens with two attached hydrogens (primary N) is 1. The maximum Gasteiger partial charge on any atom is 0.248 e. The van der Waals surface area contributed by atoms with E-state index in [0.717, 1.165) is 39.8 Å². The second kappa shape index (κ2) is 11.2. The van der Waals surface area contributed by atoms with Crippen LogP contribution < -0.4 is 20.1 Å². The molecule has 1 aliphatic heterocycles. The van der Waals surface area contributed by atoms with Gasteiger partial charge in [-0.05, 0) is 29.8 Å². The molecule has 0 spiro atoms. The number of methoxy groups -OCH3 is 2. The van der Waals surface area contributed by atoms with Crippen LogP contribution in [-0.2, 0) is 4.79 Å². The van der Waals surface area contributed by atoms with E-state index in [-0.39, 0.29) is 0 Å². The Balaban J connectivity index is 1.77. The van der Waals surface area contributed by atoms with Crippen LogP contribution in [0.3, 0.4) is 0 Å². The maximum absolute atomic E-state index is 12.5. The van der Waals surface area contributed by atoms with Gasteiger partial charge >= 0.3 is 0 Å². The Bertz CT molecular complexity index is 1550. The van der Waals surface area contributed by atoms with E-state index in [1.807, 2.05) is 72.8 Å². The molecule has 0 radical (unpaired) electrons. The number of carbonyl (C=O) groups is 2. The Morgan fingerprint density at radius 3 is 2.33 bits per heavy atom. The van der Waals surface area contributed by atoms with Crippen LogP contribution in [0.15, 0.2) is 96.0 Å². The third kappa shape index (κ3) is 4.99. The van der Waals surface area contributed by atoms with E-state index in [1.54, 1.807) is 32.4 Å². The minimum Gasteiger partial charge on any atom is -0.496 e. The van der Waals surface area contributed by atoms with Crippen molar-refractivity contribution < 1.29 is 19.1 Å². The zero-order valence-electron chi connectivity index (χ0n) is 21.8. The first-order valence-electron chi connectivity index (χ1n) is 12.6. The van der Waals surface area contributed by atoms with Gasteiger partial charge in [0, 0.05) is 40.4 Å². The van der Waals surface area contributed by atoms with Gasteiger partial charge in [0.1, 0.15) is 23.8 Å². The van der Waals surface area contributed by atoms with Gasteiger partial charge in [0.25, 0.3) is 0 Å². The SMILES string of the molecule is COc1ccccc1-c1cc2c(cc1OC)N(C(C=O)c1ccccc1)CCN=C2c1cccc(C(N)=O)c1. The Hall–Kier alpha value is -4.91. The van der Waals surface area contributed by atoms with Gasteiger partial charge in [0.2, 0.25) is 5.91 Å². The van der Waals surface area contributed by atoms with E-state index in [4.69, 9.17) is 20.2 Å². The summed E-state index contributed by atoms with van der Waals surface area (Å²) in [5.74, 6) is 0.820. The molecule has 1 amide bonds. The number of aliphatic imine (C=N–C) groups is 1. The number of nitrogens with zero attached hydrogens (tertiary/aromatic N) is 2. The molecule has 196 valence electrons. The Morgan fingerprint density at radius 1 is 0.872 bits per heavy atom. The number of hydrogen-bond acceptors (Lipinski definition) is 6. The smallest absolute Gasteiger partial charge is 0.248 e. The molecule has 0 bridgehead atoms. The van der Waals surface area contributed by atoms with E-state index in [1.165, 1.54) is 0 Å². The second-order valence-corrected chi connectivity index (χ2v) is 9.13. The van der Waals surface area contributed by atoms with Crippen LogP contribution >= 0.6 is 0 Å². The number of carbonyl (C=O) groups excluding carboxylic acids is 2. The van der Waals surface area contributed by atoms with E-state index in [2.05, 4.69) is 4.90 Å². The topological polar surface area (TPSA) is 94.2 Å². The molecule has 7 heteroatoms. The van der Waals surface area contributed by atoms with Crippen molar-refractivity contribution in [2.45, 2.75) is 6.04 Å². The highest BCUT2D eigenvalue weighted by molar-refractivity contribution is 6.18. The minimum atomic E-state index is -0.529. The number of primary amides is 1. The predicted molar refractivity (Wildman–Crippen MR) is 153 cm³/mol. The number of fused-ring (bicyclic) bond motifs is 1. The van der Waals surface area contributed by atoms with Gasteiger partial charge in [-0.15, -0.1) is 0 Å². The zero-order chi connectivity index (χ0) is 27.4. The second-order valence-electron chi connectivity index (χ2n) is 9.13. The summed E-state index contributed by atoms with van der Waals surface area (Å²) < 4.78 is 11.6. The van der Waals surface area contributed by atoms with E-state index >= 15 is 0 Å². The van der Waals surface area contributed by atoms with Gasteiger partial charge in [-0.1, -0.05) is 60.7 Å². The summed E-state index contributed by atoms with van der Waals surface area (Å²) in [4.78, 5) is 31.6. The van der Waals surface area contributed by atoms with E-state index < -0.39 is 11.9 Å². The molecule has 2 N–H and O–H groups in total. The molecule has 1 heterocycles. The molecule has 1 aliphatic rings. The molecule has 7 nitrogen and oxygen atoms in total. The molecule has 1 unspecified atom stereocenters. The molecule has 0 saturated carbocycles. The summed E-state index contributed by atoms with van der Waals surface area (Å²) in [6.07, 6.45) is 0.957. The predicted octanol–water partition coefficient (Wildman–Crippen LogP) is 5.07. The largest absolute Gasteiger partial charge is 0.496 e. The number of anilines is 1. The molecule has 1 atom stereocenters. The number of ether oxygens (including phenoxy) is 2. The average Bonchev–Trinajstić information content (AvgIpc) is 3.16. The van der Waals surface area contributed by atoms with Gasteiger partial charge < -0.3 is 24.9 Å². The van der Waals surface area contributed by atoms with Crippen LogP contribution in [0, 0.1) is 0 Å². The monoisotopic (exact) mass is 519 g/mol. The van der Waals surface area contributed by atoms with E-state index in [0.29, 0.717) is 35.9 Å². The Kier molecular flexibility index (Phi) is 7.41. The third-order valence-corrected chi connectivity index (χ3v) is 6.92. The first kappa shape index (κ1) is 25.7. The molecular weight excluding hydrogens is 490 g/mol. The van der Waals surface area contributed by atoms with Crippen LogP contribution in [-0.4, -0.2) is 45.2 Å². The number of amides is 1. The van der Waals surface area contributed by atoms with Gasteiger partial charge in [-0.25, -0.2) is 0 Å². The number of aldehydes is 1. The molecule has 4 aromatic rings. The standard InChI is InChI=1S/C32H29N3O4/c1-38-29-14-7-6-13-24(29)25-18-26-27(19-30(25)39-2)35(28(20-36)21-9-4-3-5-10-21)16-15-34-31(26)22-11-8-12-23(17-22)32(33)37/h3-14,17-20,28H,15-16H2,1-2H3,(H2,33,37). The van der Waals surface area contributed by atoms with Crippen molar-refractivity contribution in [1.29, 1.82) is 0 Å². The van der Waals surface area contributed by atoms with Crippen LogP contribution in [0.1, 0.15) is 33.1 Å². The normalized spacial score (nSPS) is 13.5. The van der Waals surface area contributed by atoms with Crippen molar-refractivity contribution in [3.05, 3.63) is 113 Å². The van der Waals surface area contributed by atoms with Crippen LogP contribution in [0.2, 0.25) is 0 Å². The highest BCUT2D eigenvalue weighted by Gasteiger charge is 2.29. The van der Waals surface area contributed by atoms with Crippen LogP contribution in [0.25, 0.3) is 11.1 Å². The third-order valence-electron chi connectivity index (χ3n) is 6.92. The summed E-state index contributed by atoms with van der Waals surface area (Å²) in [5.41, 5.74) is 11.6. The molecule has 0 saturated heterocycles. The molecule has 0 fully saturated rings. The van der Waals surface area contributed by atoms with Crippen molar-refractivity contribution in [3.63, 3.8) is 0 Å². The van der Waals surface area contributed by atoms with Gasteiger partial charge in [0.05, 0.1) is 32.2 Å². The fraction of sp³-hybridized carbons (Fsp3) is 0.156. The van der Waals surface area contributed by atoms with Gasteiger partial charge in [0.15, 0.2) is 0 Å². The lowest BCUT2D eigenvalue weighted by molar-refractivity contribution is -0.109. The molecule has 4 aromatic carbocycles. The summed E-state index contributed by atoms with van der Waals surface area (Å²) in [7, 11) is 3.26. The zero-order valence-corrected chi connectivity index (χ0v) is 21.8. The number of rotatable bonds is 8. The number of benzene rings is 4. The van der Waals surface area contributed by atoms with Crippen molar-refractivity contribution in [2.24, 2.45) is 10.7 Å². The molecular formula is C32H29N3O4. The van der Waals surface area contributed by atoms with Crippen molar-refractivity contribution in [2.75, 3.05) is 32.2 Å². The van der Waals surface area contributed by atoms with Crippen LogP contribution in [0.4, 0.5) is 5.69 Å². The maximum atomic E-state index is 12.5. The first-order valence-corrected chi connectivity index (χ1v) is 12.6.